The molecule has 2 N–H and O–H groups in total. The number of carbonyl (C=O) groups excluding carboxylic acids is 2. The maximum Gasteiger partial charge on any atom is 0.225 e. The Labute approximate surface area is 153 Å². The van der Waals surface area contributed by atoms with Gasteiger partial charge in [0.05, 0.1) is 0 Å². The lowest BCUT2D eigenvalue weighted by Crippen LogP contribution is -2.14. The fourth-order valence-corrected chi connectivity index (χ4v) is 2.10. The molecule has 0 saturated carbocycles. The van der Waals surface area contributed by atoms with Crippen LogP contribution in [0, 0.1) is 0 Å². The predicted octanol–water partition coefficient (Wildman–Crippen LogP) is 4.00. The Morgan fingerprint density at radius 2 is 1.58 bits per heavy atom. The second-order valence-electron chi connectivity index (χ2n) is 5.61. The average Bonchev–Trinajstić information content (AvgIpc) is 2.66. The summed E-state index contributed by atoms with van der Waals surface area (Å²) in [5.74, 6) is 0.848. The quantitative estimate of drug-likeness (QED) is 0.752. The fourth-order valence-electron chi connectivity index (χ4n) is 2.10. The summed E-state index contributed by atoms with van der Waals surface area (Å²) in [4.78, 5) is 27.5. The summed E-state index contributed by atoms with van der Waals surface area (Å²) in [7, 11) is 0. The molecule has 0 spiro atoms. The molecule has 0 unspecified atom stereocenters. The number of rotatable bonds is 8. The average molecular weight is 353 g/mol. The van der Waals surface area contributed by atoms with Crippen molar-refractivity contribution in [3.8, 4) is 5.75 Å². The van der Waals surface area contributed by atoms with Crippen LogP contribution in [0.3, 0.4) is 0 Å². The van der Waals surface area contributed by atoms with E-state index < -0.39 is 0 Å². The summed E-state index contributed by atoms with van der Waals surface area (Å²) in [5.41, 5.74) is 2.03. The summed E-state index contributed by atoms with van der Waals surface area (Å²) in [6.07, 6.45) is 2.44. The number of hydrogen-bond donors (Lipinski definition) is 2. The molecule has 0 aliphatic carbocycles. The number of carbonyl (C=O) groups is 2. The summed E-state index contributed by atoms with van der Waals surface area (Å²) >= 11 is 0. The largest absolute Gasteiger partial charge is 0.489 e. The third-order valence-electron chi connectivity index (χ3n) is 3.60. The minimum atomic E-state index is -0.164. The van der Waals surface area contributed by atoms with Gasteiger partial charge >= 0.3 is 0 Å². The van der Waals surface area contributed by atoms with Gasteiger partial charge < -0.3 is 15.4 Å². The van der Waals surface area contributed by atoms with Crippen molar-refractivity contribution in [1.29, 1.82) is 0 Å². The molecule has 26 heavy (non-hydrogen) atoms. The molecule has 0 radical (unpaired) electrons. The van der Waals surface area contributed by atoms with E-state index >= 15 is 0 Å². The zero-order chi connectivity index (χ0) is 18.9. The first kappa shape index (κ1) is 19.2. The van der Waals surface area contributed by atoms with E-state index in [0.29, 0.717) is 36.8 Å². The smallest absolute Gasteiger partial charge is 0.225 e. The van der Waals surface area contributed by atoms with Crippen molar-refractivity contribution in [3.63, 3.8) is 0 Å². The normalized spacial score (nSPS) is 10.1. The fraction of sp³-hybridized carbons (Fsp3) is 0.250. The lowest BCUT2D eigenvalue weighted by atomic mass is 10.1. The lowest BCUT2D eigenvalue weighted by Gasteiger charge is -2.12. The molecule has 0 saturated heterocycles. The van der Waals surface area contributed by atoms with E-state index in [1.807, 2.05) is 24.3 Å². The van der Waals surface area contributed by atoms with Crippen LogP contribution >= 0.6 is 0 Å². The highest BCUT2D eigenvalue weighted by molar-refractivity contribution is 5.92. The van der Waals surface area contributed by atoms with Gasteiger partial charge in [0.25, 0.3) is 0 Å². The van der Waals surface area contributed by atoms with Crippen LogP contribution in [0.5, 0.6) is 5.75 Å². The molecule has 1 aromatic carbocycles. The van der Waals surface area contributed by atoms with Gasteiger partial charge in [0.2, 0.25) is 11.8 Å². The SMILES string of the molecule is C=Cc1ccc(COc2cc(NC(=O)CC)nc(NC(=O)CC)c2)cc1. The Bertz CT molecular complexity index is 749. The van der Waals surface area contributed by atoms with Crippen LogP contribution in [-0.2, 0) is 16.2 Å². The number of ether oxygens (including phenoxy) is 1. The highest BCUT2D eigenvalue weighted by atomic mass is 16.5. The van der Waals surface area contributed by atoms with E-state index in [4.69, 9.17) is 4.74 Å². The Hall–Kier alpha value is -3.15. The van der Waals surface area contributed by atoms with Gasteiger partial charge in [-0.25, -0.2) is 4.98 Å². The molecule has 136 valence electrons. The number of benzene rings is 1. The molecule has 2 aromatic rings. The van der Waals surface area contributed by atoms with Crippen molar-refractivity contribution < 1.29 is 14.3 Å². The first-order valence-corrected chi connectivity index (χ1v) is 8.50. The van der Waals surface area contributed by atoms with Crippen molar-refractivity contribution in [2.24, 2.45) is 0 Å². The summed E-state index contributed by atoms with van der Waals surface area (Å²) in [5, 5.41) is 5.37. The van der Waals surface area contributed by atoms with Gasteiger partial charge in [0.15, 0.2) is 0 Å². The van der Waals surface area contributed by atoms with Crippen LogP contribution < -0.4 is 15.4 Å². The van der Waals surface area contributed by atoms with E-state index in [1.165, 1.54) is 0 Å². The Morgan fingerprint density at radius 1 is 1.04 bits per heavy atom. The van der Waals surface area contributed by atoms with Crippen LogP contribution in [0.1, 0.15) is 37.8 Å². The monoisotopic (exact) mass is 353 g/mol. The first-order valence-electron chi connectivity index (χ1n) is 8.50. The molecule has 6 heteroatoms. The van der Waals surface area contributed by atoms with Crippen molar-refractivity contribution in [1.82, 2.24) is 4.98 Å². The Balaban J connectivity index is 2.16. The van der Waals surface area contributed by atoms with Crippen molar-refractivity contribution in [2.45, 2.75) is 33.3 Å². The molecule has 6 nitrogen and oxygen atoms in total. The zero-order valence-electron chi connectivity index (χ0n) is 15.0. The third-order valence-corrected chi connectivity index (χ3v) is 3.60. The highest BCUT2D eigenvalue weighted by Gasteiger charge is 2.09. The maximum absolute atomic E-state index is 11.6. The second kappa shape index (κ2) is 9.36. The zero-order valence-corrected chi connectivity index (χ0v) is 15.0. The van der Waals surface area contributed by atoms with Crippen molar-refractivity contribution in [3.05, 3.63) is 54.1 Å². The van der Waals surface area contributed by atoms with Crippen molar-refractivity contribution in [2.75, 3.05) is 10.6 Å². The van der Waals surface area contributed by atoms with Gasteiger partial charge in [-0.05, 0) is 11.1 Å². The molecule has 0 atom stereocenters. The summed E-state index contributed by atoms with van der Waals surface area (Å²) < 4.78 is 5.81. The predicted molar refractivity (Wildman–Crippen MR) is 103 cm³/mol. The minimum absolute atomic E-state index is 0.164. The highest BCUT2D eigenvalue weighted by Crippen LogP contribution is 2.22. The van der Waals surface area contributed by atoms with Gasteiger partial charge in [0, 0.05) is 25.0 Å². The number of aromatic nitrogens is 1. The number of anilines is 2. The van der Waals surface area contributed by atoms with Crippen LogP contribution in [0.2, 0.25) is 0 Å². The third kappa shape index (κ3) is 5.73. The van der Waals surface area contributed by atoms with E-state index in [9.17, 15) is 9.59 Å². The Kier molecular flexibility index (Phi) is 6.91. The molecule has 0 aliphatic heterocycles. The number of pyridine rings is 1. The second-order valence-corrected chi connectivity index (χ2v) is 5.61. The molecule has 1 heterocycles. The molecular weight excluding hydrogens is 330 g/mol. The van der Waals surface area contributed by atoms with E-state index in [0.717, 1.165) is 11.1 Å². The summed E-state index contributed by atoms with van der Waals surface area (Å²) in [6.45, 7) is 7.58. The van der Waals surface area contributed by atoms with E-state index in [2.05, 4.69) is 22.2 Å². The number of hydrogen-bond acceptors (Lipinski definition) is 4. The van der Waals surface area contributed by atoms with E-state index in [-0.39, 0.29) is 11.8 Å². The standard InChI is InChI=1S/C20H23N3O3/c1-4-14-7-9-15(10-8-14)13-26-16-11-17(22-19(24)5-2)21-18(12-16)23-20(25)6-3/h4,7-12H,1,5-6,13H2,2-3H3,(H2,21,22,23,24,25). The number of nitrogens with zero attached hydrogens (tertiary/aromatic N) is 1. The molecule has 0 aliphatic rings. The molecule has 2 amide bonds. The van der Waals surface area contributed by atoms with Crippen LogP contribution in [-0.4, -0.2) is 16.8 Å². The van der Waals surface area contributed by atoms with Crippen LogP contribution in [0.25, 0.3) is 6.08 Å². The van der Waals surface area contributed by atoms with E-state index in [1.54, 1.807) is 32.1 Å². The number of nitrogens with one attached hydrogen (secondary N) is 2. The summed E-state index contributed by atoms with van der Waals surface area (Å²) in [6, 6.07) is 11.1. The minimum Gasteiger partial charge on any atom is -0.489 e. The number of amides is 2. The van der Waals surface area contributed by atoms with Crippen LogP contribution in [0.4, 0.5) is 11.6 Å². The maximum atomic E-state index is 11.6. The molecule has 0 bridgehead atoms. The van der Waals surface area contributed by atoms with Gasteiger partial charge in [-0.3, -0.25) is 9.59 Å². The van der Waals surface area contributed by atoms with Crippen molar-refractivity contribution >= 4 is 29.5 Å². The van der Waals surface area contributed by atoms with Gasteiger partial charge in [0.1, 0.15) is 24.0 Å². The molecular formula is C20H23N3O3. The van der Waals surface area contributed by atoms with Gasteiger partial charge in [-0.1, -0.05) is 50.8 Å². The topological polar surface area (TPSA) is 80.3 Å². The molecule has 2 rings (SSSR count). The molecule has 1 aromatic heterocycles. The van der Waals surface area contributed by atoms with Gasteiger partial charge in [-0.2, -0.15) is 0 Å². The first-order chi connectivity index (χ1) is 12.5. The lowest BCUT2D eigenvalue weighted by molar-refractivity contribution is -0.116. The molecule has 0 fully saturated rings. The van der Waals surface area contributed by atoms with Crippen LogP contribution in [0.15, 0.2) is 43.0 Å². The Morgan fingerprint density at radius 3 is 2.04 bits per heavy atom. The van der Waals surface area contributed by atoms with Gasteiger partial charge in [-0.15, -0.1) is 0 Å².